The summed E-state index contributed by atoms with van der Waals surface area (Å²) in [5, 5.41) is 18.6. The molecule has 0 saturated carbocycles. The summed E-state index contributed by atoms with van der Waals surface area (Å²) in [7, 11) is -0.261. The van der Waals surface area contributed by atoms with Gasteiger partial charge in [-0.2, -0.15) is 0 Å². The van der Waals surface area contributed by atoms with Crippen molar-refractivity contribution in [3.63, 3.8) is 0 Å². The predicted octanol–water partition coefficient (Wildman–Crippen LogP) is 0.217. The molecule has 3 rings (SSSR count). The van der Waals surface area contributed by atoms with Gasteiger partial charge in [-0.3, -0.25) is 4.79 Å². The lowest BCUT2D eigenvalue weighted by Gasteiger charge is -2.08. The second-order valence-corrected chi connectivity index (χ2v) is 5.65. The lowest BCUT2D eigenvalue weighted by Crippen LogP contribution is -2.33. The average Bonchev–Trinajstić information content (AvgIpc) is 3.04. The molecule has 0 spiro atoms. The van der Waals surface area contributed by atoms with Crippen molar-refractivity contribution in [2.45, 2.75) is 12.5 Å². The Balaban J connectivity index is 1.90. The van der Waals surface area contributed by atoms with Crippen molar-refractivity contribution in [3.8, 4) is 11.5 Å². The molecule has 1 atom stereocenters. The molecule has 4 N–H and O–H groups in total. The van der Waals surface area contributed by atoms with Crippen LogP contribution < -0.4 is 11.2 Å². The van der Waals surface area contributed by atoms with Crippen molar-refractivity contribution in [3.05, 3.63) is 48.0 Å². The minimum absolute atomic E-state index is 0.330. The number of hydrogen-bond donors (Lipinski definition) is 3. The first-order chi connectivity index (χ1) is 12.0. The number of carbonyl (C=O) groups is 1. The molecule has 0 unspecified atom stereocenters. The highest BCUT2D eigenvalue weighted by molar-refractivity contribution is 6.58. The molecule has 0 fully saturated rings. The first-order valence-corrected chi connectivity index (χ1v) is 7.67. The molecule has 8 heteroatoms. The van der Waals surface area contributed by atoms with Gasteiger partial charge in [0.2, 0.25) is 5.89 Å². The Kier molecular flexibility index (Phi) is 4.85. The van der Waals surface area contributed by atoms with Gasteiger partial charge in [0.15, 0.2) is 5.58 Å². The summed E-state index contributed by atoms with van der Waals surface area (Å²) < 4.78 is 10.3. The van der Waals surface area contributed by atoms with Gasteiger partial charge in [0.05, 0.1) is 7.11 Å². The van der Waals surface area contributed by atoms with Gasteiger partial charge in [-0.15, -0.1) is 0 Å². The summed E-state index contributed by atoms with van der Waals surface area (Å²) in [5.41, 5.74) is 8.81. The minimum atomic E-state index is -1.56. The zero-order valence-corrected chi connectivity index (χ0v) is 13.5. The van der Waals surface area contributed by atoms with Crippen LogP contribution in [0, 0.1) is 0 Å². The van der Waals surface area contributed by atoms with Crippen molar-refractivity contribution in [1.29, 1.82) is 0 Å². The molecule has 0 bridgehead atoms. The van der Waals surface area contributed by atoms with Crippen molar-refractivity contribution >= 4 is 29.7 Å². The Morgan fingerprint density at radius 1 is 1.32 bits per heavy atom. The Morgan fingerprint density at radius 2 is 2.12 bits per heavy atom. The zero-order valence-electron chi connectivity index (χ0n) is 13.5. The summed E-state index contributed by atoms with van der Waals surface area (Å²) in [6, 6.07) is 11.3. The number of oxazole rings is 1. The van der Waals surface area contributed by atoms with Crippen molar-refractivity contribution < 1.29 is 24.0 Å². The van der Waals surface area contributed by atoms with Crippen LogP contribution in [0.5, 0.6) is 0 Å². The lowest BCUT2D eigenvalue weighted by molar-refractivity contribution is -0.142. The number of nitrogens with zero attached hydrogens (tertiary/aromatic N) is 1. The quantitative estimate of drug-likeness (QED) is 0.449. The number of fused-ring (bicyclic) bond motifs is 1. The van der Waals surface area contributed by atoms with Gasteiger partial charge in [0, 0.05) is 5.56 Å². The molecule has 128 valence electrons. The van der Waals surface area contributed by atoms with E-state index in [4.69, 9.17) is 10.2 Å². The smallest absolute Gasteiger partial charge is 0.468 e. The van der Waals surface area contributed by atoms with Gasteiger partial charge >= 0.3 is 13.1 Å². The number of ether oxygens (including phenoxy) is 1. The number of benzene rings is 2. The maximum atomic E-state index is 11.4. The molecule has 0 radical (unpaired) electrons. The molecule has 1 heterocycles. The topological polar surface area (TPSA) is 119 Å². The van der Waals surface area contributed by atoms with Crippen LogP contribution in [0.25, 0.3) is 22.6 Å². The van der Waals surface area contributed by atoms with E-state index in [0.29, 0.717) is 34.4 Å². The van der Waals surface area contributed by atoms with Crippen molar-refractivity contribution in [1.82, 2.24) is 4.98 Å². The normalized spacial score (nSPS) is 12.2. The molecule has 0 aliphatic carbocycles. The van der Waals surface area contributed by atoms with Crippen LogP contribution in [0.4, 0.5) is 0 Å². The van der Waals surface area contributed by atoms with Crippen molar-refractivity contribution in [2.75, 3.05) is 7.11 Å². The minimum Gasteiger partial charge on any atom is -0.468 e. The molecule has 1 aromatic heterocycles. The maximum absolute atomic E-state index is 11.4. The molecular formula is C17H17BN2O5. The van der Waals surface area contributed by atoms with Crippen LogP contribution in [-0.2, 0) is 16.0 Å². The number of rotatable bonds is 5. The van der Waals surface area contributed by atoms with E-state index in [2.05, 4.69) is 9.72 Å². The van der Waals surface area contributed by atoms with E-state index in [-0.39, 0.29) is 0 Å². The van der Waals surface area contributed by atoms with E-state index >= 15 is 0 Å². The number of nitrogens with two attached hydrogens (primary N) is 1. The summed E-state index contributed by atoms with van der Waals surface area (Å²) >= 11 is 0. The SMILES string of the molecule is COC(=O)[C@@H](N)Cc1ccc2oc(-c3cccc(B(O)O)c3)nc2c1. The fourth-order valence-electron chi connectivity index (χ4n) is 2.54. The molecule has 0 amide bonds. The molecule has 0 saturated heterocycles. The molecule has 0 aliphatic rings. The van der Waals surface area contributed by atoms with Gasteiger partial charge in [0.1, 0.15) is 11.6 Å². The highest BCUT2D eigenvalue weighted by Crippen LogP contribution is 2.24. The Labute approximate surface area is 144 Å². The van der Waals surface area contributed by atoms with E-state index in [1.807, 2.05) is 6.07 Å². The van der Waals surface area contributed by atoms with E-state index in [9.17, 15) is 14.8 Å². The van der Waals surface area contributed by atoms with Crippen LogP contribution in [0.1, 0.15) is 5.56 Å². The van der Waals surface area contributed by atoms with E-state index in [0.717, 1.165) is 5.56 Å². The van der Waals surface area contributed by atoms with Gasteiger partial charge in [-0.1, -0.05) is 18.2 Å². The monoisotopic (exact) mass is 340 g/mol. The molecule has 25 heavy (non-hydrogen) atoms. The summed E-state index contributed by atoms with van der Waals surface area (Å²) in [5.74, 6) is -0.104. The number of hydrogen-bond acceptors (Lipinski definition) is 7. The summed E-state index contributed by atoms with van der Waals surface area (Å²) in [6.45, 7) is 0. The molecule has 2 aromatic carbocycles. The number of aromatic nitrogens is 1. The molecule has 7 nitrogen and oxygen atoms in total. The third-order valence-electron chi connectivity index (χ3n) is 3.84. The van der Waals surface area contributed by atoms with Crippen LogP contribution in [-0.4, -0.2) is 41.3 Å². The molecule has 3 aromatic rings. The second kappa shape index (κ2) is 7.06. The Bertz CT molecular complexity index is 909. The lowest BCUT2D eigenvalue weighted by atomic mass is 9.79. The third-order valence-corrected chi connectivity index (χ3v) is 3.84. The van der Waals surface area contributed by atoms with E-state index < -0.39 is 19.1 Å². The first-order valence-electron chi connectivity index (χ1n) is 7.67. The van der Waals surface area contributed by atoms with E-state index in [1.54, 1.807) is 36.4 Å². The Morgan fingerprint density at radius 3 is 2.84 bits per heavy atom. The van der Waals surface area contributed by atoms with Crippen LogP contribution in [0.15, 0.2) is 46.9 Å². The van der Waals surface area contributed by atoms with Crippen molar-refractivity contribution in [2.24, 2.45) is 5.73 Å². The van der Waals surface area contributed by atoms with Gasteiger partial charge in [0.25, 0.3) is 0 Å². The zero-order chi connectivity index (χ0) is 18.0. The molecule has 0 aliphatic heterocycles. The number of carbonyl (C=O) groups excluding carboxylic acids is 1. The van der Waals surface area contributed by atoms with Crippen LogP contribution in [0.2, 0.25) is 0 Å². The summed E-state index contributed by atoms with van der Waals surface area (Å²) in [6.07, 6.45) is 0.330. The fourth-order valence-corrected chi connectivity index (χ4v) is 2.54. The Hall–Kier alpha value is -2.68. The summed E-state index contributed by atoms with van der Waals surface area (Å²) in [4.78, 5) is 15.9. The van der Waals surface area contributed by atoms with Crippen LogP contribution >= 0.6 is 0 Å². The second-order valence-electron chi connectivity index (χ2n) is 5.65. The predicted molar refractivity (Wildman–Crippen MR) is 93.0 cm³/mol. The first kappa shape index (κ1) is 17.2. The highest BCUT2D eigenvalue weighted by atomic mass is 16.5. The molecular weight excluding hydrogens is 323 g/mol. The number of methoxy groups -OCH3 is 1. The largest absolute Gasteiger partial charge is 0.488 e. The van der Waals surface area contributed by atoms with Gasteiger partial charge in [-0.25, -0.2) is 4.98 Å². The highest BCUT2D eigenvalue weighted by Gasteiger charge is 2.17. The third kappa shape index (κ3) is 3.71. The van der Waals surface area contributed by atoms with Gasteiger partial charge < -0.3 is 24.9 Å². The average molecular weight is 340 g/mol. The van der Waals surface area contributed by atoms with Gasteiger partial charge in [-0.05, 0) is 41.7 Å². The number of esters is 1. The van der Waals surface area contributed by atoms with E-state index in [1.165, 1.54) is 7.11 Å². The standard InChI is InChI=1S/C17H17BN2O5/c1-24-17(21)13(19)7-10-5-6-15-14(8-10)20-16(25-15)11-3-2-4-12(9-11)18(22)23/h2-6,8-9,13,22-23H,7,19H2,1H3/t13-/m0/s1. The fraction of sp³-hybridized carbons (Fsp3) is 0.176. The maximum Gasteiger partial charge on any atom is 0.488 e. The van der Waals surface area contributed by atoms with Crippen LogP contribution in [0.3, 0.4) is 0 Å².